The average molecular weight is 673 g/mol. The van der Waals surface area contributed by atoms with Crippen LogP contribution in [0, 0.1) is 0 Å². The summed E-state index contributed by atoms with van der Waals surface area (Å²) in [7, 11) is 1.29. The second-order valence-corrected chi connectivity index (χ2v) is 15.4. The van der Waals surface area contributed by atoms with Gasteiger partial charge in [0.15, 0.2) is 0 Å². The van der Waals surface area contributed by atoms with Crippen molar-refractivity contribution in [3.8, 4) is 0 Å². The molecule has 0 bridgehead atoms. The highest BCUT2D eigenvalue weighted by atomic mass is 31.2. The van der Waals surface area contributed by atoms with Gasteiger partial charge in [0, 0.05) is 6.42 Å². The van der Waals surface area contributed by atoms with E-state index in [1.54, 1.807) is 0 Å². The number of hydrogen-bond donors (Lipinski definition) is 2. The fourth-order valence-corrected chi connectivity index (χ4v) is 5.87. The first-order chi connectivity index (χ1) is 22.0. The lowest BCUT2D eigenvalue weighted by atomic mass is 10.0. The van der Waals surface area contributed by atoms with Crippen LogP contribution in [0.25, 0.3) is 0 Å². The maximum absolute atomic E-state index is 12.8. The number of phosphoric ester groups is 1. The molecule has 1 amide bonds. The van der Waals surface area contributed by atoms with Gasteiger partial charge in [-0.25, -0.2) is 0 Å². The number of carbonyl (C=O) groups excluding carboxylic acids is 1. The molecule has 0 saturated heterocycles. The van der Waals surface area contributed by atoms with E-state index >= 15 is 0 Å². The summed E-state index contributed by atoms with van der Waals surface area (Å²) in [6.07, 6.45) is 31.8. The number of nitrogens with zero attached hydrogens (tertiary/aromatic N) is 1. The lowest BCUT2D eigenvalue weighted by Crippen LogP contribution is -2.46. The molecule has 0 fully saturated rings. The molecule has 0 aliphatic carbocycles. The summed E-state index contributed by atoms with van der Waals surface area (Å²) in [6.45, 7) is 4.63. The zero-order chi connectivity index (χ0) is 34.4. The highest BCUT2D eigenvalue weighted by Gasteiger charge is 2.24. The number of amides is 1. The first-order valence-corrected chi connectivity index (χ1v) is 20.2. The Hall–Kier alpha value is -1.02. The Labute approximate surface area is 284 Å². The number of nitrogens with one attached hydrogen (secondary N) is 1. The second-order valence-electron chi connectivity index (χ2n) is 14.0. The van der Waals surface area contributed by atoms with Gasteiger partial charge in [0.2, 0.25) is 5.91 Å². The minimum absolute atomic E-state index is 0.00946. The number of quaternary nitrogens is 1. The molecule has 0 heterocycles. The Morgan fingerprint density at radius 1 is 0.761 bits per heavy atom. The molecular weight excluding hydrogens is 599 g/mol. The Morgan fingerprint density at radius 3 is 1.80 bits per heavy atom. The van der Waals surface area contributed by atoms with Crippen LogP contribution in [0.3, 0.4) is 0 Å². The summed E-state index contributed by atoms with van der Waals surface area (Å²) < 4.78 is 23.1. The molecule has 272 valence electrons. The number of aliphatic hydroxyl groups is 1. The second kappa shape index (κ2) is 30.1. The molecule has 3 atom stereocenters. The molecule has 8 nitrogen and oxygen atoms in total. The molecule has 0 saturated carbocycles. The summed E-state index contributed by atoms with van der Waals surface area (Å²) in [6, 6.07) is -0.801. The molecule has 0 radical (unpaired) electrons. The number of allylic oxidation sites excluding steroid dienone is 4. The van der Waals surface area contributed by atoms with Crippen molar-refractivity contribution in [3.63, 3.8) is 0 Å². The van der Waals surface area contributed by atoms with Crippen molar-refractivity contribution in [1.82, 2.24) is 5.32 Å². The van der Waals surface area contributed by atoms with E-state index in [1.165, 1.54) is 77.0 Å². The van der Waals surface area contributed by atoms with E-state index in [0.29, 0.717) is 23.9 Å². The summed E-state index contributed by atoms with van der Waals surface area (Å²) in [5.74, 6) is -0.181. The third kappa shape index (κ3) is 31.6. The maximum atomic E-state index is 12.8. The SMILES string of the molecule is CCCCC/C=C\C=C/CCCCCCCCC(=O)NC(COP(=O)([O-])OCC[N+](C)(C)C)C(O)CCCCCCCCCCC. The van der Waals surface area contributed by atoms with Crippen molar-refractivity contribution in [2.24, 2.45) is 0 Å². The molecule has 0 aromatic heterocycles. The van der Waals surface area contributed by atoms with Gasteiger partial charge in [0.05, 0.1) is 39.9 Å². The minimum atomic E-state index is -4.55. The van der Waals surface area contributed by atoms with Crippen molar-refractivity contribution in [2.75, 3.05) is 40.9 Å². The number of rotatable bonds is 33. The third-order valence-corrected chi connectivity index (χ3v) is 9.18. The van der Waals surface area contributed by atoms with Gasteiger partial charge in [-0.15, -0.1) is 0 Å². The van der Waals surface area contributed by atoms with Crippen LogP contribution in [0.4, 0.5) is 0 Å². The number of phosphoric acid groups is 1. The zero-order valence-corrected chi connectivity index (χ0v) is 31.4. The Bertz CT molecular complexity index is 814. The Morgan fingerprint density at radius 2 is 1.24 bits per heavy atom. The summed E-state index contributed by atoms with van der Waals surface area (Å²) >= 11 is 0. The number of aliphatic hydroxyl groups excluding tert-OH is 1. The normalized spacial score (nSPS) is 15.0. The number of likely N-dealkylation sites (N-methyl/N-ethyl adjacent to an activating group) is 1. The quantitative estimate of drug-likeness (QED) is 0.0312. The number of hydrogen-bond acceptors (Lipinski definition) is 6. The predicted molar refractivity (Wildman–Crippen MR) is 192 cm³/mol. The van der Waals surface area contributed by atoms with Gasteiger partial charge in [-0.3, -0.25) is 9.36 Å². The molecule has 0 spiro atoms. The van der Waals surface area contributed by atoms with E-state index in [1.807, 2.05) is 21.1 Å². The summed E-state index contributed by atoms with van der Waals surface area (Å²) in [4.78, 5) is 25.1. The van der Waals surface area contributed by atoms with E-state index in [0.717, 1.165) is 51.4 Å². The largest absolute Gasteiger partial charge is 0.756 e. The fraction of sp³-hybridized carbons (Fsp3) is 0.865. The van der Waals surface area contributed by atoms with Crippen LogP contribution in [0.2, 0.25) is 0 Å². The highest BCUT2D eigenvalue weighted by Crippen LogP contribution is 2.38. The zero-order valence-electron chi connectivity index (χ0n) is 30.5. The highest BCUT2D eigenvalue weighted by molar-refractivity contribution is 7.45. The molecule has 0 rings (SSSR count). The molecule has 9 heteroatoms. The fourth-order valence-electron chi connectivity index (χ4n) is 5.15. The molecule has 0 aromatic carbocycles. The van der Waals surface area contributed by atoms with Gasteiger partial charge < -0.3 is 28.8 Å². The van der Waals surface area contributed by atoms with Gasteiger partial charge in [-0.1, -0.05) is 134 Å². The third-order valence-electron chi connectivity index (χ3n) is 8.22. The van der Waals surface area contributed by atoms with Crippen LogP contribution in [-0.4, -0.2) is 68.5 Å². The van der Waals surface area contributed by atoms with Crippen molar-refractivity contribution in [3.05, 3.63) is 24.3 Å². The van der Waals surface area contributed by atoms with E-state index < -0.39 is 20.0 Å². The van der Waals surface area contributed by atoms with Gasteiger partial charge in [0.25, 0.3) is 7.82 Å². The maximum Gasteiger partial charge on any atom is 0.268 e. The molecule has 0 aliphatic heterocycles. The summed E-state index contributed by atoms with van der Waals surface area (Å²) in [5, 5.41) is 13.8. The Kier molecular flexibility index (Phi) is 29.4. The number of unbranched alkanes of at least 4 members (excludes halogenated alkanes) is 17. The Balaban J connectivity index is 4.47. The van der Waals surface area contributed by atoms with E-state index in [2.05, 4.69) is 43.5 Å². The van der Waals surface area contributed by atoms with Crippen molar-refractivity contribution >= 4 is 13.7 Å². The lowest BCUT2D eigenvalue weighted by molar-refractivity contribution is -0.870. The van der Waals surface area contributed by atoms with Crippen LogP contribution in [0.1, 0.15) is 155 Å². The van der Waals surface area contributed by atoms with Crippen LogP contribution >= 0.6 is 7.82 Å². The van der Waals surface area contributed by atoms with E-state index in [-0.39, 0.29) is 19.1 Å². The standard InChI is InChI=1S/C37H73N2O6P/c1-6-8-10-12-14-16-17-18-19-20-21-23-25-27-29-31-37(41)38-35(34-45-46(42,43)44-33-32-39(3,4)5)36(40)30-28-26-24-22-15-13-11-9-7-2/h14,16-18,35-36,40H,6-13,15,19-34H2,1-5H3,(H-,38,41,42,43)/b16-14-,18-17-. The molecule has 46 heavy (non-hydrogen) atoms. The smallest absolute Gasteiger partial charge is 0.268 e. The van der Waals surface area contributed by atoms with Crippen molar-refractivity contribution in [2.45, 2.75) is 167 Å². The molecule has 3 unspecified atom stereocenters. The van der Waals surface area contributed by atoms with Crippen LogP contribution in [-0.2, 0) is 18.4 Å². The first kappa shape index (κ1) is 45.0. The van der Waals surface area contributed by atoms with Crippen LogP contribution in [0.15, 0.2) is 24.3 Å². The molecule has 0 aliphatic rings. The molecule has 2 N–H and O–H groups in total. The van der Waals surface area contributed by atoms with Crippen LogP contribution < -0.4 is 10.2 Å². The monoisotopic (exact) mass is 673 g/mol. The minimum Gasteiger partial charge on any atom is -0.756 e. The summed E-state index contributed by atoms with van der Waals surface area (Å²) in [5.41, 5.74) is 0. The average Bonchev–Trinajstić information content (AvgIpc) is 2.99. The van der Waals surface area contributed by atoms with Crippen molar-refractivity contribution < 1.29 is 32.9 Å². The lowest BCUT2D eigenvalue weighted by Gasteiger charge is -2.30. The first-order valence-electron chi connectivity index (χ1n) is 18.7. The van der Waals surface area contributed by atoms with Gasteiger partial charge in [0.1, 0.15) is 13.2 Å². The molecule has 0 aromatic rings. The topological polar surface area (TPSA) is 108 Å². The number of carbonyl (C=O) groups is 1. The van der Waals surface area contributed by atoms with Gasteiger partial charge in [-0.2, -0.15) is 0 Å². The van der Waals surface area contributed by atoms with Gasteiger partial charge in [-0.05, 0) is 38.5 Å². The van der Waals surface area contributed by atoms with Crippen LogP contribution in [0.5, 0.6) is 0 Å². The molecular formula is C37H73N2O6P. The van der Waals surface area contributed by atoms with Gasteiger partial charge >= 0.3 is 0 Å². The van der Waals surface area contributed by atoms with E-state index in [4.69, 9.17) is 9.05 Å². The van der Waals surface area contributed by atoms with E-state index in [9.17, 15) is 19.4 Å². The van der Waals surface area contributed by atoms with Crippen molar-refractivity contribution in [1.29, 1.82) is 0 Å². The predicted octanol–water partition coefficient (Wildman–Crippen LogP) is 8.77.